The van der Waals surface area contributed by atoms with Crippen molar-refractivity contribution in [3.05, 3.63) is 24.4 Å². The summed E-state index contributed by atoms with van der Waals surface area (Å²) in [5.41, 5.74) is 0. The van der Waals surface area contributed by atoms with Crippen molar-refractivity contribution in [3.8, 4) is 0 Å². The molecule has 0 aliphatic carbocycles. The molecule has 0 saturated carbocycles. The maximum Gasteiger partial charge on any atom is 0.0950 e. The molecule has 0 aromatic heterocycles. The Morgan fingerprint density at radius 1 is 1.06 bits per heavy atom. The number of allylic oxidation sites excluding steroid dienone is 2. The summed E-state index contributed by atoms with van der Waals surface area (Å²) in [5.74, 6) is 0. The molecular weight excluding hydrogens is 224 g/mol. The SMILES string of the molecule is C=CC(=C)[SiH2]C(C)(N(CC)CC)N(CC)CC. The Balaban J connectivity index is 5.15. The van der Waals surface area contributed by atoms with Gasteiger partial charge in [0.1, 0.15) is 0 Å². The minimum Gasteiger partial charge on any atom is -0.289 e. The van der Waals surface area contributed by atoms with Gasteiger partial charge < -0.3 is 0 Å². The number of rotatable bonds is 9. The maximum atomic E-state index is 4.15. The van der Waals surface area contributed by atoms with E-state index in [-0.39, 0.29) is 5.29 Å². The van der Waals surface area contributed by atoms with Crippen LogP contribution in [-0.2, 0) is 0 Å². The third-order valence-corrected chi connectivity index (χ3v) is 6.05. The lowest BCUT2D eigenvalue weighted by atomic mass is 10.3. The molecule has 0 saturated heterocycles. The van der Waals surface area contributed by atoms with E-state index in [0.717, 1.165) is 26.2 Å². The highest BCUT2D eigenvalue weighted by molar-refractivity contribution is 6.49. The second-order valence-corrected chi connectivity index (χ2v) is 7.20. The zero-order chi connectivity index (χ0) is 13.5. The quantitative estimate of drug-likeness (QED) is 0.354. The third kappa shape index (κ3) is 4.09. The molecule has 2 nitrogen and oxygen atoms in total. The molecule has 17 heavy (non-hydrogen) atoms. The molecule has 0 fully saturated rings. The van der Waals surface area contributed by atoms with E-state index < -0.39 is 9.52 Å². The largest absolute Gasteiger partial charge is 0.289 e. The first-order valence-electron chi connectivity index (χ1n) is 6.80. The predicted molar refractivity (Wildman–Crippen MR) is 82.1 cm³/mol. The summed E-state index contributed by atoms with van der Waals surface area (Å²) >= 11 is 0. The van der Waals surface area contributed by atoms with Crippen LogP contribution in [0.5, 0.6) is 0 Å². The van der Waals surface area contributed by atoms with Crippen LogP contribution < -0.4 is 0 Å². The average Bonchev–Trinajstić information content (AvgIpc) is 2.31. The minimum absolute atomic E-state index is 0.193. The Morgan fingerprint density at radius 3 is 1.65 bits per heavy atom. The Hall–Kier alpha value is -0.383. The van der Waals surface area contributed by atoms with Crippen LogP contribution in [0.15, 0.2) is 24.4 Å². The van der Waals surface area contributed by atoms with Crippen LogP contribution in [0.3, 0.4) is 0 Å². The van der Waals surface area contributed by atoms with Crippen molar-refractivity contribution in [2.75, 3.05) is 26.2 Å². The normalized spacial score (nSPS) is 12.9. The summed E-state index contributed by atoms with van der Waals surface area (Å²) < 4.78 is 0. The van der Waals surface area contributed by atoms with Crippen molar-refractivity contribution in [1.29, 1.82) is 0 Å². The molecule has 0 atom stereocenters. The van der Waals surface area contributed by atoms with Crippen LogP contribution in [0.1, 0.15) is 34.6 Å². The minimum atomic E-state index is -0.446. The molecule has 0 radical (unpaired) electrons. The molecule has 100 valence electrons. The molecule has 0 heterocycles. The van der Waals surface area contributed by atoms with E-state index in [1.54, 1.807) is 0 Å². The summed E-state index contributed by atoms with van der Waals surface area (Å²) in [6.45, 7) is 23.8. The molecule has 0 bridgehead atoms. The molecular formula is C14H30N2Si. The smallest absolute Gasteiger partial charge is 0.0950 e. The van der Waals surface area contributed by atoms with Crippen molar-refractivity contribution in [1.82, 2.24) is 9.80 Å². The Morgan fingerprint density at radius 2 is 1.41 bits per heavy atom. The summed E-state index contributed by atoms with van der Waals surface area (Å²) in [4.78, 5) is 5.14. The Bertz CT molecular complexity index is 231. The third-order valence-electron chi connectivity index (χ3n) is 3.74. The van der Waals surface area contributed by atoms with Crippen molar-refractivity contribution in [3.63, 3.8) is 0 Å². The summed E-state index contributed by atoms with van der Waals surface area (Å²) in [6, 6.07) is 0. The summed E-state index contributed by atoms with van der Waals surface area (Å²) in [5, 5.41) is 1.45. The van der Waals surface area contributed by atoms with Crippen molar-refractivity contribution in [2.24, 2.45) is 0 Å². The van der Waals surface area contributed by atoms with Gasteiger partial charge in [-0.05, 0) is 33.1 Å². The van der Waals surface area contributed by atoms with Crippen molar-refractivity contribution >= 4 is 9.52 Å². The van der Waals surface area contributed by atoms with Crippen LogP contribution in [0.2, 0.25) is 0 Å². The average molecular weight is 254 g/mol. The van der Waals surface area contributed by atoms with Crippen molar-refractivity contribution < 1.29 is 0 Å². The molecule has 0 N–H and O–H groups in total. The van der Waals surface area contributed by atoms with E-state index in [0.29, 0.717) is 0 Å². The molecule has 0 amide bonds. The molecule has 0 aromatic rings. The van der Waals surface area contributed by atoms with Gasteiger partial charge in [0.2, 0.25) is 0 Å². The predicted octanol–water partition coefficient (Wildman–Crippen LogP) is 2.21. The zero-order valence-electron chi connectivity index (χ0n) is 12.4. The highest BCUT2D eigenvalue weighted by atomic mass is 28.2. The molecule has 3 heteroatoms. The van der Waals surface area contributed by atoms with Gasteiger partial charge in [-0.1, -0.05) is 45.5 Å². The van der Waals surface area contributed by atoms with Gasteiger partial charge in [-0.2, -0.15) is 0 Å². The first-order chi connectivity index (χ1) is 7.99. The molecule has 0 rings (SSSR count). The highest BCUT2D eigenvalue weighted by Gasteiger charge is 2.35. The monoisotopic (exact) mass is 254 g/mol. The lowest BCUT2D eigenvalue weighted by Crippen LogP contribution is -2.62. The van der Waals surface area contributed by atoms with E-state index in [2.05, 4.69) is 57.6 Å². The number of hydrogen-bond donors (Lipinski definition) is 0. The first-order valence-corrected chi connectivity index (χ1v) is 8.21. The van der Waals surface area contributed by atoms with Crippen LogP contribution in [0, 0.1) is 0 Å². The van der Waals surface area contributed by atoms with Gasteiger partial charge in [0.15, 0.2) is 0 Å². The first kappa shape index (κ1) is 16.6. The topological polar surface area (TPSA) is 6.48 Å². The number of hydrogen-bond acceptors (Lipinski definition) is 2. The van der Waals surface area contributed by atoms with Gasteiger partial charge in [0.25, 0.3) is 0 Å². The summed E-state index contributed by atoms with van der Waals surface area (Å²) in [6.07, 6.45) is 1.94. The lowest BCUT2D eigenvalue weighted by molar-refractivity contribution is 0.0309. The standard InChI is InChI=1S/C14H30N2Si/c1-8-13(6)17-14(7,15(9-2)10-3)16(11-4)12-5/h8H,1,6,9-12,17H2,2-5,7H3. The second kappa shape index (κ2) is 7.85. The van der Waals surface area contributed by atoms with Crippen LogP contribution >= 0.6 is 0 Å². The fourth-order valence-electron chi connectivity index (χ4n) is 2.74. The van der Waals surface area contributed by atoms with Gasteiger partial charge in [-0.25, -0.2) is 0 Å². The molecule has 0 aliphatic rings. The fraction of sp³-hybridized carbons (Fsp3) is 0.714. The number of nitrogens with zero attached hydrogens (tertiary/aromatic N) is 2. The molecule has 0 spiro atoms. The highest BCUT2D eigenvalue weighted by Crippen LogP contribution is 2.21. The molecule has 0 aromatic carbocycles. The van der Waals surface area contributed by atoms with Gasteiger partial charge in [0, 0.05) is 0 Å². The van der Waals surface area contributed by atoms with Crippen LogP contribution in [0.4, 0.5) is 0 Å². The van der Waals surface area contributed by atoms with E-state index in [1.807, 2.05) is 6.08 Å². The van der Waals surface area contributed by atoms with E-state index in [9.17, 15) is 0 Å². The maximum absolute atomic E-state index is 4.15. The van der Waals surface area contributed by atoms with Gasteiger partial charge in [-0.3, -0.25) is 9.80 Å². The second-order valence-electron chi connectivity index (χ2n) is 4.60. The van der Waals surface area contributed by atoms with Crippen LogP contribution in [0.25, 0.3) is 0 Å². The molecule has 0 unspecified atom stereocenters. The Kier molecular flexibility index (Phi) is 7.67. The fourth-order valence-corrected chi connectivity index (χ4v) is 5.08. The van der Waals surface area contributed by atoms with Gasteiger partial charge >= 0.3 is 0 Å². The van der Waals surface area contributed by atoms with Gasteiger partial charge in [-0.15, -0.1) is 6.58 Å². The van der Waals surface area contributed by atoms with E-state index >= 15 is 0 Å². The zero-order valence-corrected chi connectivity index (χ0v) is 13.8. The van der Waals surface area contributed by atoms with Gasteiger partial charge in [0.05, 0.1) is 14.8 Å². The Labute approximate surface area is 110 Å². The van der Waals surface area contributed by atoms with E-state index in [4.69, 9.17) is 0 Å². The summed E-state index contributed by atoms with van der Waals surface area (Å²) in [7, 11) is -0.446. The lowest BCUT2D eigenvalue weighted by Gasteiger charge is -2.48. The van der Waals surface area contributed by atoms with E-state index in [1.165, 1.54) is 5.20 Å². The molecule has 0 aliphatic heterocycles. The van der Waals surface area contributed by atoms with Crippen molar-refractivity contribution in [2.45, 2.75) is 39.9 Å². The van der Waals surface area contributed by atoms with Crippen LogP contribution in [-0.4, -0.2) is 50.8 Å².